The van der Waals surface area contributed by atoms with E-state index in [0.29, 0.717) is 0 Å². The maximum Gasteiger partial charge on any atom is 1.00 e. The second kappa shape index (κ2) is 11.3. The van der Waals surface area contributed by atoms with Crippen LogP contribution >= 0.6 is 0 Å². The van der Waals surface area contributed by atoms with E-state index in [1.165, 1.54) is 20.1 Å². The third kappa shape index (κ3) is 8.34. The van der Waals surface area contributed by atoms with E-state index < -0.39 is 45.7 Å². The summed E-state index contributed by atoms with van der Waals surface area (Å²) in [5.74, 6) is -1.50. The van der Waals surface area contributed by atoms with Gasteiger partial charge in [0.05, 0.1) is 13.7 Å². The number of benzene rings is 1. The third-order valence-electron chi connectivity index (χ3n) is 3.09. The number of hydrogen-bond donors (Lipinski definition) is 0. The fraction of sp³-hybridized carbons (Fsp3) is 0.308. The van der Waals surface area contributed by atoms with Gasteiger partial charge in [0.2, 0.25) is 10.4 Å². The minimum Gasteiger partial charge on any atom is -0.726 e. The van der Waals surface area contributed by atoms with Gasteiger partial charge in [-0.2, -0.15) is 0 Å². The molecular formula is C13H12Na2O12S2. The second-order valence-corrected chi connectivity index (χ2v) is 6.93. The number of hydrogen-bond acceptors (Lipinski definition) is 12. The van der Waals surface area contributed by atoms with Crippen LogP contribution in [0.4, 0.5) is 0 Å². The molecule has 1 aromatic heterocycles. The van der Waals surface area contributed by atoms with Crippen molar-refractivity contribution in [2.75, 3.05) is 20.3 Å². The number of furan rings is 1. The molecule has 0 amide bonds. The van der Waals surface area contributed by atoms with Crippen LogP contribution in [0.2, 0.25) is 0 Å². The Labute approximate surface area is 210 Å². The number of carbonyl (C=O) groups excluding carboxylic acids is 1. The summed E-state index contributed by atoms with van der Waals surface area (Å²) < 4.78 is 86.7. The summed E-state index contributed by atoms with van der Waals surface area (Å²) in [6, 6.07) is 2.24. The Kier molecular flexibility index (Phi) is 11.1. The largest absolute Gasteiger partial charge is 1.00 e. The van der Waals surface area contributed by atoms with Crippen LogP contribution in [0.15, 0.2) is 16.5 Å². The predicted octanol–water partition coefficient (Wildman–Crippen LogP) is -5.77. The third-order valence-corrected chi connectivity index (χ3v) is 3.93. The summed E-state index contributed by atoms with van der Waals surface area (Å²) >= 11 is 0. The number of esters is 1. The van der Waals surface area contributed by atoms with Crippen molar-refractivity contribution < 1.29 is 112 Å². The molecule has 0 aliphatic rings. The van der Waals surface area contributed by atoms with E-state index in [1.54, 1.807) is 0 Å². The number of rotatable bonds is 8. The molecular weight excluding hydrogens is 458 g/mol. The van der Waals surface area contributed by atoms with Crippen LogP contribution < -0.4 is 68.0 Å². The normalized spacial score (nSPS) is 11.3. The molecule has 0 fully saturated rings. The molecule has 1 heterocycles. The van der Waals surface area contributed by atoms with Gasteiger partial charge >= 0.3 is 65.1 Å². The van der Waals surface area contributed by atoms with Gasteiger partial charge in [-0.1, -0.05) is 0 Å². The molecule has 2 rings (SSSR count). The SMILES string of the molecule is COc1cc2oc(C)c(C(=O)OCCOS(=O)(=O)[O-])c2cc1OS(=O)(=O)[O-].[Na+].[Na+]. The Balaban J connectivity index is 0.00000392. The van der Waals surface area contributed by atoms with Crippen molar-refractivity contribution in [3.8, 4) is 11.5 Å². The van der Waals surface area contributed by atoms with Crippen molar-refractivity contribution in [1.29, 1.82) is 0 Å². The first-order chi connectivity index (χ1) is 12.4. The first kappa shape index (κ1) is 28.6. The smallest absolute Gasteiger partial charge is 0.726 e. The van der Waals surface area contributed by atoms with Crippen LogP contribution in [0.25, 0.3) is 11.0 Å². The monoisotopic (exact) mass is 470 g/mol. The summed E-state index contributed by atoms with van der Waals surface area (Å²) in [6.45, 7) is 0.163. The molecule has 0 saturated heterocycles. The fourth-order valence-electron chi connectivity index (χ4n) is 2.16. The van der Waals surface area contributed by atoms with Crippen molar-refractivity contribution in [3.63, 3.8) is 0 Å². The summed E-state index contributed by atoms with van der Waals surface area (Å²) in [5.41, 5.74) is -0.0314. The fourth-order valence-corrected chi connectivity index (χ4v) is 2.78. The zero-order chi connectivity index (χ0) is 20.4. The van der Waals surface area contributed by atoms with E-state index in [2.05, 4.69) is 8.37 Å². The number of ether oxygens (including phenoxy) is 2. The topological polar surface area (TPSA) is 182 Å². The molecule has 0 bridgehead atoms. The molecule has 12 nitrogen and oxygen atoms in total. The molecule has 0 N–H and O–H groups in total. The number of aryl methyl sites for hydroxylation is 1. The van der Waals surface area contributed by atoms with Crippen LogP contribution in [-0.2, 0) is 29.7 Å². The van der Waals surface area contributed by atoms with Gasteiger partial charge in [-0.15, -0.1) is 0 Å². The molecule has 0 unspecified atom stereocenters. The average molecular weight is 470 g/mol. The van der Waals surface area contributed by atoms with Crippen molar-refractivity contribution >= 4 is 37.7 Å². The minimum absolute atomic E-state index is 0. The van der Waals surface area contributed by atoms with Gasteiger partial charge in [-0.25, -0.2) is 21.6 Å². The zero-order valence-electron chi connectivity index (χ0n) is 15.8. The molecule has 0 aliphatic carbocycles. The molecule has 16 heteroatoms. The van der Waals surface area contributed by atoms with Crippen LogP contribution in [-0.4, -0.2) is 52.2 Å². The second-order valence-electron chi connectivity index (χ2n) is 4.89. The maximum atomic E-state index is 12.2. The van der Waals surface area contributed by atoms with Crippen LogP contribution in [0.5, 0.6) is 11.5 Å². The van der Waals surface area contributed by atoms with E-state index in [0.717, 1.165) is 6.07 Å². The molecule has 0 spiro atoms. The summed E-state index contributed by atoms with van der Waals surface area (Å²) in [7, 11) is -8.85. The van der Waals surface area contributed by atoms with Gasteiger partial charge in [0.1, 0.15) is 23.5 Å². The van der Waals surface area contributed by atoms with Gasteiger partial charge in [0.25, 0.3) is 10.4 Å². The van der Waals surface area contributed by atoms with E-state index in [-0.39, 0.29) is 87.2 Å². The number of methoxy groups -OCH3 is 1. The number of fused-ring (bicyclic) bond motifs is 1. The molecule has 2 aromatic rings. The Hall–Kier alpha value is -0.390. The van der Waals surface area contributed by atoms with Crippen LogP contribution in [0, 0.1) is 6.92 Å². The Morgan fingerprint density at radius 2 is 1.66 bits per heavy atom. The van der Waals surface area contributed by atoms with E-state index in [4.69, 9.17) is 13.9 Å². The Morgan fingerprint density at radius 1 is 1.03 bits per heavy atom. The number of carbonyl (C=O) groups is 1. The molecule has 0 atom stereocenters. The summed E-state index contributed by atoms with van der Waals surface area (Å²) in [6.07, 6.45) is 0. The summed E-state index contributed by atoms with van der Waals surface area (Å²) in [4.78, 5) is 12.2. The molecule has 0 radical (unpaired) electrons. The van der Waals surface area contributed by atoms with Crippen molar-refractivity contribution in [3.05, 3.63) is 23.5 Å². The first-order valence-corrected chi connectivity index (χ1v) is 9.62. The van der Waals surface area contributed by atoms with Gasteiger partial charge < -0.3 is 27.2 Å². The standard InChI is InChI=1S/C13H14O12S2.2Na/c1-7-12(13(14)22-3-4-23-26(15,16)17)8-5-11(25-27(18,19)20)10(21-2)6-9(8)24-7;;/h5-6H,3-4H2,1-2H3,(H,15,16,17)(H,18,19,20);;/q;2*+1/p-2. The Bertz CT molecular complexity index is 1070. The van der Waals surface area contributed by atoms with Gasteiger partial charge in [0.15, 0.2) is 11.5 Å². The van der Waals surface area contributed by atoms with E-state index >= 15 is 0 Å². The predicted molar refractivity (Wildman–Crippen MR) is 83.8 cm³/mol. The van der Waals surface area contributed by atoms with Gasteiger partial charge in [-0.3, -0.25) is 4.18 Å². The molecule has 150 valence electrons. The molecule has 29 heavy (non-hydrogen) atoms. The molecule has 0 aliphatic heterocycles. The molecule has 1 aromatic carbocycles. The molecule has 0 saturated carbocycles. The zero-order valence-corrected chi connectivity index (χ0v) is 21.4. The van der Waals surface area contributed by atoms with Crippen molar-refractivity contribution in [2.45, 2.75) is 6.92 Å². The van der Waals surface area contributed by atoms with Crippen molar-refractivity contribution in [1.82, 2.24) is 0 Å². The first-order valence-electron chi connectivity index (χ1n) is 6.95. The van der Waals surface area contributed by atoms with Crippen LogP contribution in [0.3, 0.4) is 0 Å². The van der Waals surface area contributed by atoms with Gasteiger partial charge in [-0.05, 0) is 13.0 Å². The van der Waals surface area contributed by atoms with Gasteiger partial charge in [0, 0.05) is 11.5 Å². The van der Waals surface area contributed by atoms with E-state index in [1.807, 2.05) is 0 Å². The van der Waals surface area contributed by atoms with Crippen LogP contribution in [0.1, 0.15) is 16.1 Å². The average Bonchev–Trinajstić information content (AvgIpc) is 2.83. The van der Waals surface area contributed by atoms with E-state index in [9.17, 15) is 30.7 Å². The summed E-state index contributed by atoms with van der Waals surface area (Å²) in [5, 5.41) is 0.0503. The minimum atomic E-state index is -5.12. The maximum absolute atomic E-state index is 12.2. The Morgan fingerprint density at radius 3 is 2.17 bits per heavy atom. The quantitative estimate of drug-likeness (QED) is 0.117. The van der Waals surface area contributed by atoms with Crippen molar-refractivity contribution in [2.24, 2.45) is 0 Å².